The topological polar surface area (TPSA) is 62.1 Å². The highest BCUT2D eigenvalue weighted by molar-refractivity contribution is 4.51. The lowest BCUT2D eigenvalue weighted by Crippen LogP contribution is -2.45. The Bertz CT molecular complexity index is 58.4. The van der Waals surface area contributed by atoms with Crippen molar-refractivity contribution in [3.8, 4) is 0 Å². The fourth-order valence-electron chi connectivity index (χ4n) is 0.415. The van der Waals surface area contributed by atoms with Crippen molar-refractivity contribution in [1.29, 1.82) is 0 Å². The van der Waals surface area contributed by atoms with Crippen LogP contribution < -0.4 is 21.9 Å². The van der Waals surface area contributed by atoms with Crippen LogP contribution in [0.3, 0.4) is 0 Å². The Morgan fingerprint density at radius 2 is 1.91 bits per heavy atom. The summed E-state index contributed by atoms with van der Waals surface area (Å²) in [5.74, 6) is 0. The summed E-state index contributed by atoms with van der Waals surface area (Å²) in [5.41, 5.74) is 11.2. The lowest BCUT2D eigenvalue weighted by molar-refractivity contribution is 0.452. The van der Waals surface area contributed by atoms with Gasteiger partial charge in [0.15, 0.2) is 0 Å². The summed E-state index contributed by atoms with van der Waals surface area (Å²) in [4.78, 5) is 0. The second-order valence-corrected chi connectivity index (χ2v) is 1.82. The van der Waals surface area contributed by atoms with E-state index in [4.69, 9.17) is 5.73 Å². The molecule has 0 aromatic rings. The van der Waals surface area contributed by atoms with Crippen LogP contribution in [0, 0.1) is 0 Å². The molecule has 0 aliphatic carbocycles. The first-order chi connectivity index (χ1) is 5.31. The lowest BCUT2D eigenvalue weighted by Gasteiger charge is -2.10. The highest BCUT2D eigenvalue weighted by Gasteiger charge is 1.92. The highest BCUT2D eigenvalue weighted by atomic mass is 15.4. The van der Waals surface area contributed by atoms with Crippen LogP contribution in [0.5, 0.6) is 0 Å². The van der Waals surface area contributed by atoms with Crippen molar-refractivity contribution in [1.82, 2.24) is 16.2 Å². The minimum Gasteiger partial charge on any atom is -0.316 e. The van der Waals surface area contributed by atoms with Crippen LogP contribution in [0.2, 0.25) is 0 Å². The fraction of sp³-hybridized carbons (Fsp3) is 1.00. The standard InChI is InChI=1S/C5H16N4.C2H6/c1-3-5(6)8-4-9-7-2;1-2/h5,7-9H,3-4,6H2,1-2H3;1-2H3. The Morgan fingerprint density at radius 1 is 1.36 bits per heavy atom. The maximum Gasteiger partial charge on any atom is 0.0601 e. The molecule has 1 atom stereocenters. The van der Waals surface area contributed by atoms with E-state index in [0.29, 0.717) is 6.67 Å². The lowest BCUT2D eigenvalue weighted by atomic mass is 10.4. The van der Waals surface area contributed by atoms with Crippen LogP contribution in [0.4, 0.5) is 0 Å². The SMILES string of the molecule is CC.CCC(N)NCNNC. The number of hydrogen-bond donors (Lipinski definition) is 4. The molecule has 4 heteroatoms. The van der Waals surface area contributed by atoms with Crippen molar-refractivity contribution >= 4 is 0 Å². The van der Waals surface area contributed by atoms with Crippen molar-refractivity contribution in [2.24, 2.45) is 5.73 Å². The minimum atomic E-state index is 0.103. The van der Waals surface area contributed by atoms with Gasteiger partial charge in [-0.2, -0.15) is 0 Å². The van der Waals surface area contributed by atoms with Gasteiger partial charge in [0.2, 0.25) is 0 Å². The Morgan fingerprint density at radius 3 is 2.27 bits per heavy atom. The Kier molecular flexibility index (Phi) is 15.3. The van der Waals surface area contributed by atoms with Gasteiger partial charge in [0.05, 0.1) is 12.8 Å². The number of hydrogen-bond acceptors (Lipinski definition) is 4. The van der Waals surface area contributed by atoms with Gasteiger partial charge in [-0.3, -0.25) is 10.7 Å². The van der Waals surface area contributed by atoms with Gasteiger partial charge in [-0.15, -0.1) is 0 Å². The summed E-state index contributed by atoms with van der Waals surface area (Å²) >= 11 is 0. The predicted octanol–water partition coefficient (Wildman–Crippen LogP) is -0.0215. The van der Waals surface area contributed by atoms with E-state index < -0.39 is 0 Å². The van der Waals surface area contributed by atoms with Crippen molar-refractivity contribution in [2.45, 2.75) is 33.4 Å². The molecule has 0 amide bonds. The van der Waals surface area contributed by atoms with Gasteiger partial charge in [-0.1, -0.05) is 20.8 Å². The number of hydrazine groups is 1. The fourth-order valence-corrected chi connectivity index (χ4v) is 0.415. The zero-order valence-electron chi connectivity index (χ0n) is 8.07. The summed E-state index contributed by atoms with van der Waals surface area (Å²) in [5, 5.41) is 3.04. The molecular formula is C7H22N4. The average molecular weight is 162 g/mol. The Hall–Kier alpha value is -0.160. The summed E-state index contributed by atoms with van der Waals surface area (Å²) in [6.07, 6.45) is 1.05. The summed E-state index contributed by atoms with van der Waals surface area (Å²) < 4.78 is 0. The molecule has 0 fully saturated rings. The number of nitrogens with one attached hydrogen (secondary N) is 3. The molecule has 0 bridgehead atoms. The third kappa shape index (κ3) is 12.9. The predicted molar refractivity (Wildman–Crippen MR) is 49.8 cm³/mol. The first kappa shape index (κ1) is 13.4. The maximum atomic E-state index is 5.53. The van der Waals surface area contributed by atoms with Crippen LogP contribution in [0.15, 0.2) is 0 Å². The Balaban J connectivity index is 0. The second-order valence-electron chi connectivity index (χ2n) is 1.82. The molecule has 4 nitrogen and oxygen atoms in total. The van der Waals surface area contributed by atoms with Crippen LogP contribution in [-0.4, -0.2) is 19.9 Å². The van der Waals surface area contributed by atoms with E-state index in [1.54, 1.807) is 0 Å². The van der Waals surface area contributed by atoms with Gasteiger partial charge >= 0.3 is 0 Å². The smallest absolute Gasteiger partial charge is 0.0601 e. The third-order valence-corrected chi connectivity index (χ3v) is 1.07. The molecule has 0 aromatic carbocycles. The average Bonchev–Trinajstić information content (AvgIpc) is 2.08. The van der Waals surface area contributed by atoms with Gasteiger partial charge in [0.1, 0.15) is 0 Å². The van der Waals surface area contributed by atoms with Gasteiger partial charge in [0, 0.05) is 0 Å². The van der Waals surface area contributed by atoms with Gasteiger partial charge in [-0.05, 0) is 13.5 Å². The maximum absolute atomic E-state index is 5.53. The van der Waals surface area contributed by atoms with Gasteiger partial charge in [-0.25, -0.2) is 5.43 Å². The highest BCUT2D eigenvalue weighted by Crippen LogP contribution is 1.75. The van der Waals surface area contributed by atoms with Crippen LogP contribution in [0.25, 0.3) is 0 Å². The molecular weight excluding hydrogens is 140 g/mol. The summed E-state index contributed by atoms with van der Waals surface area (Å²) in [6, 6.07) is 0. The van der Waals surface area contributed by atoms with E-state index in [1.165, 1.54) is 0 Å². The van der Waals surface area contributed by atoms with Gasteiger partial charge < -0.3 is 5.73 Å². The molecule has 0 aromatic heterocycles. The van der Waals surface area contributed by atoms with Crippen molar-refractivity contribution in [3.05, 3.63) is 0 Å². The summed E-state index contributed by atoms with van der Waals surface area (Å²) in [7, 11) is 1.82. The molecule has 0 saturated carbocycles. The molecule has 0 saturated heterocycles. The van der Waals surface area contributed by atoms with Crippen LogP contribution in [0.1, 0.15) is 27.2 Å². The number of nitrogens with two attached hydrogens (primary N) is 1. The minimum absolute atomic E-state index is 0.103. The van der Waals surface area contributed by atoms with Crippen molar-refractivity contribution in [3.63, 3.8) is 0 Å². The van der Waals surface area contributed by atoms with Crippen LogP contribution in [-0.2, 0) is 0 Å². The molecule has 0 spiro atoms. The monoisotopic (exact) mass is 162 g/mol. The number of rotatable bonds is 5. The first-order valence-electron chi connectivity index (χ1n) is 4.19. The second kappa shape index (κ2) is 12.5. The van der Waals surface area contributed by atoms with Crippen molar-refractivity contribution in [2.75, 3.05) is 13.7 Å². The Labute approximate surface area is 69.9 Å². The van der Waals surface area contributed by atoms with E-state index in [-0.39, 0.29) is 6.17 Å². The quantitative estimate of drug-likeness (QED) is 0.261. The summed E-state index contributed by atoms with van der Waals surface area (Å²) in [6.45, 7) is 6.74. The molecule has 0 aliphatic rings. The molecule has 1 unspecified atom stereocenters. The third-order valence-electron chi connectivity index (χ3n) is 1.07. The van der Waals surface area contributed by atoms with E-state index in [1.807, 2.05) is 27.8 Å². The van der Waals surface area contributed by atoms with Crippen LogP contribution >= 0.6 is 0 Å². The molecule has 11 heavy (non-hydrogen) atoms. The molecule has 5 N–H and O–H groups in total. The van der Waals surface area contributed by atoms with E-state index in [0.717, 1.165) is 6.42 Å². The molecule has 70 valence electrons. The zero-order chi connectivity index (χ0) is 9.11. The normalized spacial score (nSPS) is 11.7. The van der Waals surface area contributed by atoms with Crippen molar-refractivity contribution < 1.29 is 0 Å². The zero-order valence-corrected chi connectivity index (χ0v) is 8.07. The molecule has 0 rings (SSSR count). The first-order valence-corrected chi connectivity index (χ1v) is 4.19. The van der Waals surface area contributed by atoms with E-state index in [9.17, 15) is 0 Å². The molecule has 0 aliphatic heterocycles. The largest absolute Gasteiger partial charge is 0.316 e. The van der Waals surface area contributed by atoms with Gasteiger partial charge in [0.25, 0.3) is 0 Å². The van der Waals surface area contributed by atoms with E-state index in [2.05, 4.69) is 16.2 Å². The molecule has 0 heterocycles. The van der Waals surface area contributed by atoms with E-state index >= 15 is 0 Å². The molecule has 0 radical (unpaired) electrons.